The van der Waals surface area contributed by atoms with Crippen molar-refractivity contribution in [1.29, 1.82) is 0 Å². The number of hydrogen-bond acceptors (Lipinski definition) is 6. The van der Waals surface area contributed by atoms with Crippen LogP contribution in [0, 0.1) is 0 Å². The molecule has 0 saturated heterocycles. The number of benzene rings is 2. The molecule has 1 fully saturated rings. The third kappa shape index (κ3) is 5.37. The Morgan fingerprint density at radius 1 is 1.11 bits per heavy atom. The largest absolute Gasteiger partial charge is 0.491 e. The van der Waals surface area contributed by atoms with Crippen molar-refractivity contribution in [2.24, 2.45) is 0 Å². The van der Waals surface area contributed by atoms with Crippen molar-refractivity contribution in [2.75, 3.05) is 6.61 Å². The van der Waals surface area contributed by atoms with Gasteiger partial charge in [-0.05, 0) is 69.5 Å². The van der Waals surface area contributed by atoms with Crippen LogP contribution in [0.2, 0.25) is 10.0 Å². The lowest BCUT2D eigenvalue weighted by Crippen LogP contribution is -2.27. The lowest BCUT2D eigenvalue weighted by molar-refractivity contribution is 0.0285. The molecule has 0 amide bonds. The number of nitrogens with zero attached hydrogens (tertiary/aromatic N) is 4. The van der Waals surface area contributed by atoms with E-state index in [4.69, 9.17) is 37.7 Å². The third-order valence-electron chi connectivity index (χ3n) is 5.80. The van der Waals surface area contributed by atoms with Crippen molar-refractivity contribution in [1.82, 2.24) is 19.5 Å². The van der Waals surface area contributed by atoms with E-state index in [0.29, 0.717) is 50.8 Å². The highest BCUT2D eigenvalue weighted by atomic mass is 35.5. The molecule has 0 unspecified atom stereocenters. The molecular weight excluding hydrogens is 487 g/mol. The Kier molecular flexibility index (Phi) is 6.11. The van der Waals surface area contributed by atoms with Gasteiger partial charge < -0.3 is 19.1 Å². The molecule has 0 bridgehead atoms. The second-order valence-corrected chi connectivity index (χ2v) is 10.6. The van der Waals surface area contributed by atoms with Gasteiger partial charge in [-0.1, -0.05) is 35.3 Å². The summed E-state index contributed by atoms with van der Waals surface area (Å²) in [6.45, 7) is 6.06. The summed E-state index contributed by atoms with van der Waals surface area (Å²) in [6, 6.07) is 13.1. The molecular formula is C26H26Cl2N4O3. The first kappa shape index (κ1) is 23.9. The Hall–Kier alpha value is -2.87. The van der Waals surface area contributed by atoms with Crippen LogP contribution in [0.3, 0.4) is 0 Å². The van der Waals surface area contributed by atoms with Gasteiger partial charge in [-0.2, -0.15) is 4.98 Å². The molecule has 35 heavy (non-hydrogen) atoms. The second-order valence-electron chi connectivity index (χ2n) is 9.80. The van der Waals surface area contributed by atoms with Gasteiger partial charge in [-0.25, -0.2) is 9.97 Å². The zero-order valence-corrected chi connectivity index (χ0v) is 21.3. The number of imidazole rings is 1. The number of rotatable bonds is 8. The van der Waals surface area contributed by atoms with Crippen LogP contribution >= 0.6 is 23.2 Å². The van der Waals surface area contributed by atoms with Crippen LogP contribution in [-0.4, -0.2) is 42.4 Å². The molecule has 1 aliphatic carbocycles. The van der Waals surface area contributed by atoms with Crippen LogP contribution in [0.25, 0.3) is 22.6 Å². The van der Waals surface area contributed by atoms with Gasteiger partial charge in [0.1, 0.15) is 30.1 Å². The van der Waals surface area contributed by atoms with Crippen LogP contribution in [0.15, 0.2) is 48.8 Å². The average Bonchev–Trinajstić information content (AvgIpc) is 3.40. The number of aromatic nitrogens is 4. The Morgan fingerprint density at radius 2 is 1.91 bits per heavy atom. The van der Waals surface area contributed by atoms with Crippen LogP contribution in [0.5, 0.6) is 11.6 Å². The molecule has 5 rings (SSSR count). The Balaban J connectivity index is 1.60. The molecule has 0 spiro atoms. The van der Waals surface area contributed by atoms with E-state index in [0.717, 1.165) is 18.4 Å². The zero-order valence-electron chi connectivity index (χ0n) is 19.8. The number of aliphatic hydroxyl groups is 1. The molecule has 1 N–H and O–H groups in total. The summed E-state index contributed by atoms with van der Waals surface area (Å²) in [4.78, 5) is 13.8. The van der Waals surface area contributed by atoms with Crippen LogP contribution < -0.4 is 9.47 Å². The van der Waals surface area contributed by atoms with Crippen LogP contribution in [0.4, 0.5) is 0 Å². The summed E-state index contributed by atoms with van der Waals surface area (Å²) in [5.41, 5.74) is 1.77. The van der Waals surface area contributed by atoms with Crippen molar-refractivity contribution in [3.8, 4) is 23.0 Å². The summed E-state index contributed by atoms with van der Waals surface area (Å²) in [5.74, 6) is 1.65. The first-order valence-electron chi connectivity index (χ1n) is 11.4. The molecule has 0 atom stereocenters. The highest BCUT2D eigenvalue weighted by Crippen LogP contribution is 2.41. The van der Waals surface area contributed by atoms with Crippen LogP contribution in [0.1, 0.15) is 39.2 Å². The molecule has 0 radical (unpaired) electrons. The fourth-order valence-corrected chi connectivity index (χ4v) is 4.17. The molecule has 2 aromatic heterocycles. The van der Waals surface area contributed by atoms with Crippen molar-refractivity contribution >= 4 is 34.4 Å². The lowest BCUT2D eigenvalue weighted by atomic mass is 10.1. The van der Waals surface area contributed by atoms with E-state index in [9.17, 15) is 5.11 Å². The van der Waals surface area contributed by atoms with E-state index in [1.54, 1.807) is 19.9 Å². The van der Waals surface area contributed by atoms with E-state index < -0.39 is 5.60 Å². The first-order valence-corrected chi connectivity index (χ1v) is 12.2. The monoisotopic (exact) mass is 512 g/mol. The minimum atomic E-state index is -0.955. The van der Waals surface area contributed by atoms with Gasteiger partial charge >= 0.3 is 0 Å². The molecule has 1 aliphatic rings. The maximum atomic E-state index is 9.96. The third-order valence-corrected chi connectivity index (χ3v) is 6.35. The molecule has 1 saturated carbocycles. The topological polar surface area (TPSA) is 82.3 Å². The Labute approximate surface area is 213 Å². The quantitative estimate of drug-likeness (QED) is 0.315. The van der Waals surface area contributed by atoms with E-state index >= 15 is 0 Å². The average molecular weight is 513 g/mol. The summed E-state index contributed by atoms with van der Waals surface area (Å²) >= 11 is 13.0. The maximum absolute atomic E-state index is 9.96. The van der Waals surface area contributed by atoms with Crippen molar-refractivity contribution in [3.05, 3.63) is 64.4 Å². The molecule has 2 aromatic carbocycles. The van der Waals surface area contributed by atoms with Crippen molar-refractivity contribution in [3.63, 3.8) is 0 Å². The predicted octanol–water partition coefficient (Wildman–Crippen LogP) is 5.93. The van der Waals surface area contributed by atoms with Gasteiger partial charge in [-0.3, -0.25) is 0 Å². The van der Waals surface area contributed by atoms with Gasteiger partial charge in [0.25, 0.3) is 0 Å². The second kappa shape index (κ2) is 8.97. The highest BCUT2D eigenvalue weighted by molar-refractivity contribution is 6.33. The maximum Gasteiger partial charge on any atom is 0.245 e. The molecule has 7 nitrogen and oxygen atoms in total. The van der Waals surface area contributed by atoms with E-state index in [-0.39, 0.29) is 12.2 Å². The van der Waals surface area contributed by atoms with Gasteiger partial charge in [-0.15, -0.1) is 0 Å². The van der Waals surface area contributed by atoms with Gasteiger partial charge in [0.15, 0.2) is 11.2 Å². The SMILES string of the molecule is CC(C)(O)COc1ccc(-c2nc3c(OC4(C)CC4)ncnc3n2Cc2cccc(Cl)c2)c(Cl)c1. The molecule has 4 aromatic rings. The molecule has 182 valence electrons. The van der Waals surface area contributed by atoms with Crippen molar-refractivity contribution in [2.45, 2.75) is 51.4 Å². The molecule has 2 heterocycles. The van der Waals surface area contributed by atoms with E-state index in [1.807, 2.05) is 41.0 Å². The summed E-state index contributed by atoms with van der Waals surface area (Å²) in [7, 11) is 0. The summed E-state index contributed by atoms with van der Waals surface area (Å²) in [6.07, 6.45) is 3.46. The van der Waals surface area contributed by atoms with E-state index in [1.165, 1.54) is 6.33 Å². The molecule has 9 heteroatoms. The minimum Gasteiger partial charge on any atom is -0.491 e. The normalized spacial score (nSPS) is 14.8. The zero-order chi connectivity index (χ0) is 24.8. The number of ether oxygens (including phenoxy) is 2. The predicted molar refractivity (Wildman–Crippen MR) is 136 cm³/mol. The minimum absolute atomic E-state index is 0.144. The van der Waals surface area contributed by atoms with Gasteiger partial charge in [0.05, 0.1) is 17.2 Å². The first-order chi connectivity index (χ1) is 16.6. The standard InChI is InChI=1S/C26H26Cl2N4O3/c1-25(2,33)14-34-18-7-8-19(20(28)12-18)22-31-21-23(29-15-30-24(21)35-26(3)9-10-26)32(22)13-16-5-4-6-17(27)11-16/h4-8,11-12,15,33H,9-10,13-14H2,1-3H3. The van der Waals surface area contributed by atoms with Gasteiger partial charge in [0.2, 0.25) is 5.88 Å². The number of hydrogen-bond donors (Lipinski definition) is 1. The lowest BCUT2D eigenvalue weighted by Gasteiger charge is -2.18. The highest BCUT2D eigenvalue weighted by Gasteiger charge is 2.41. The Bertz CT molecular complexity index is 1390. The summed E-state index contributed by atoms with van der Waals surface area (Å²) in [5, 5.41) is 11.1. The fraction of sp³-hybridized carbons (Fsp3) is 0.346. The smallest absolute Gasteiger partial charge is 0.245 e. The number of halogens is 2. The van der Waals surface area contributed by atoms with Crippen molar-refractivity contribution < 1.29 is 14.6 Å². The summed E-state index contributed by atoms with van der Waals surface area (Å²) < 4.78 is 13.9. The fourth-order valence-electron chi connectivity index (χ4n) is 3.70. The molecule has 0 aliphatic heterocycles. The van der Waals surface area contributed by atoms with Gasteiger partial charge in [0, 0.05) is 10.6 Å². The Morgan fingerprint density at radius 3 is 2.60 bits per heavy atom. The van der Waals surface area contributed by atoms with E-state index in [2.05, 4.69) is 16.9 Å². The number of fused-ring (bicyclic) bond motifs is 1. The van der Waals surface area contributed by atoms with Crippen LogP contribution in [-0.2, 0) is 6.54 Å².